The smallest absolute Gasteiger partial charge is 0.249 e. The summed E-state index contributed by atoms with van der Waals surface area (Å²) in [5.41, 5.74) is 0. The zero-order valence-electron chi connectivity index (χ0n) is 9.49. The van der Waals surface area contributed by atoms with Gasteiger partial charge in [-0.05, 0) is 26.2 Å². The van der Waals surface area contributed by atoms with Crippen LogP contribution < -0.4 is 10.6 Å². The monoisotopic (exact) mass is 226 g/mol. The molecule has 0 saturated carbocycles. The van der Waals surface area contributed by atoms with Crippen molar-refractivity contribution in [2.24, 2.45) is 0 Å². The first-order valence-electron chi connectivity index (χ1n) is 5.87. The SMILES string of the molecule is CC1CCC(C(=O)NC2CCC(=O)NC2)O1. The van der Waals surface area contributed by atoms with Crippen molar-refractivity contribution in [2.75, 3.05) is 6.54 Å². The van der Waals surface area contributed by atoms with Gasteiger partial charge in [-0.2, -0.15) is 0 Å². The molecule has 5 nitrogen and oxygen atoms in total. The summed E-state index contributed by atoms with van der Waals surface area (Å²) in [5, 5.41) is 5.67. The van der Waals surface area contributed by atoms with Crippen LogP contribution in [0.25, 0.3) is 0 Å². The summed E-state index contributed by atoms with van der Waals surface area (Å²) < 4.78 is 5.49. The zero-order valence-corrected chi connectivity index (χ0v) is 9.49. The molecular weight excluding hydrogens is 208 g/mol. The Kier molecular flexibility index (Phi) is 3.43. The number of carbonyl (C=O) groups excluding carboxylic acids is 2. The molecule has 2 fully saturated rings. The molecule has 3 atom stereocenters. The van der Waals surface area contributed by atoms with E-state index in [-0.39, 0.29) is 30.1 Å². The molecule has 0 aromatic rings. The minimum absolute atomic E-state index is 0.0366. The Bertz CT molecular complexity index is 283. The first kappa shape index (κ1) is 11.4. The number of carbonyl (C=O) groups is 2. The Morgan fingerprint density at radius 1 is 1.44 bits per heavy atom. The number of piperidine rings is 1. The van der Waals surface area contributed by atoms with Crippen molar-refractivity contribution in [2.45, 2.75) is 50.9 Å². The van der Waals surface area contributed by atoms with Gasteiger partial charge in [0.25, 0.3) is 0 Å². The van der Waals surface area contributed by atoms with Crippen LogP contribution in [0.15, 0.2) is 0 Å². The van der Waals surface area contributed by atoms with Gasteiger partial charge in [0.1, 0.15) is 6.10 Å². The van der Waals surface area contributed by atoms with Gasteiger partial charge in [-0.3, -0.25) is 9.59 Å². The molecule has 2 rings (SSSR count). The molecule has 2 N–H and O–H groups in total. The van der Waals surface area contributed by atoms with Crippen molar-refractivity contribution < 1.29 is 14.3 Å². The molecule has 16 heavy (non-hydrogen) atoms. The van der Waals surface area contributed by atoms with E-state index in [1.54, 1.807) is 0 Å². The van der Waals surface area contributed by atoms with E-state index in [1.807, 2.05) is 6.92 Å². The van der Waals surface area contributed by atoms with Gasteiger partial charge < -0.3 is 15.4 Å². The quantitative estimate of drug-likeness (QED) is 0.693. The molecule has 2 amide bonds. The molecule has 2 aliphatic rings. The van der Waals surface area contributed by atoms with Crippen LogP contribution in [0.2, 0.25) is 0 Å². The molecule has 2 heterocycles. The van der Waals surface area contributed by atoms with Crippen LogP contribution in [-0.4, -0.2) is 36.6 Å². The van der Waals surface area contributed by atoms with Gasteiger partial charge in [-0.1, -0.05) is 0 Å². The highest BCUT2D eigenvalue weighted by Crippen LogP contribution is 2.19. The Hall–Kier alpha value is -1.10. The molecule has 2 aliphatic heterocycles. The lowest BCUT2D eigenvalue weighted by molar-refractivity contribution is -0.133. The fourth-order valence-corrected chi connectivity index (χ4v) is 2.15. The molecule has 0 bridgehead atoms. The van der Waals surface area contributed by atoms with Gasteiger partial charge in [0.05, 0.1) is 6.10 Å². The number of rotatable bonds is 2. The molecule has 0 spiro atoms. The lowest BCUT2D eigenvalue weighted by atomic mass is 10.1. The first-order valence-corrected chi connectivity index (χ1v) is 5.87. The third kappa shape index (κ3) is 2.72. The summed E-state index contributed by atoms with van der Waals surface area (Å²) in [6.07, 6.45) is 2.84. The van der Waals surface area contributed by atoms with Gasteiger partial charge in [-0.25, -0.2) is 0 Å². The second-order valence-corrected chi connectivity index (χ2v) is 4.56. The number of nitrogens with one attached hydrogen (secondary N) is 2. The van der Waals surface area contributed by atoms with Crippen LogP contribution in [0.1, 0.15) is 32.6 Å². The third-order valence-corrected chi connectivity index (χ3v) is 3.14. The first-order chi connectivity index (χ1) is 7.65. The Morgan fingerprint density at radius 3 is 2.81 bits per heavy atom. The van der Waals surface area contributed by atoms with Crippen LogP contribution in [0.5, 0.6) is 0 Å². The Labute approximate surface area is 94.9 Å². The molecule has 5 heteroatoms. The van der Waals surface area contributed by atoms with Crippen LogP contribution in [0.3, 0.4) is 0 Å². The predicted molar refractivity (Wildman–Crippen MR) is 57.7 cm³/mol. The van der Waals surface area contributed by atoms with Crippen molar-refractivity contribution in [3.63, 3.8) is 0 Å². The number of amides is 2. The normalized spacial score (nSPS) is 34.6. The standard InChI is InChI=1S/C11H18N2O3/c1-7-2-4-9(16-7)11(15)13-8-3-5-10(14)12-6-8/h7-9H,2-6H2,1H3,(H,12,14)(H,13,15). The van der Waals surface area contributed by atoms with E-state index >= 15 is 0 Å². The van der Waals surface area contributed by atoms with Gasteiger partial charge in [-0.15, -0.1) is 0 Å². The van der Waals surface area contributed by atoms with Gasteiger partial charge >= 0.3 is 0 Å². The van der Waals surface area contributed by atoms with Gasteiger partial charge in [0.2, 0.25) is 11.8 Å². The lowest BCUT2D eigenvalue weighted by Gasteiger charge is -2.24. The van der Waals surface area contributed by atoms with Crippen molar-refractivity contribution in [1.29, 1.82) is 0 Å². The predicted octanol–water partition coefficient (Wildman–Crippen LogP) is -0.0513. The largest absolute Gasteiger partial charge is 0.365 e. The third-order valence-electron chi connectivity index (χ3n) is 3.14. The topological polar surface area (TPSA) is 67.4 Å². The van der Waals surface area contributed by atoms with E-state index in [2.05, 4.69) is 10.6 Å². The second-order valence-electron chi connectivity index (χ2n) is 4.56. The summed E-state index contributed by atoms with van der Waals surface area (Å²) in [4.78, 5) is 22.7. The molecular formula is C11H18N2O3. The fraction of sp³-hybridized carbons (Fsp3) is 0.818. The molecule has 0 aliphatic carbocycles. The van der Waals surface area contributed by atoms with Crippen molar-refractivity contribution in [3.8, 4) is 0 Å². The second kappa shape index (κ2) is 4.82. The number of hydrogen-bond acceptors (Lipinski definition) is 3. The highest BCUT2D eigenvalue weighted by Gasteiger charge is 2.30. The minimum Gasteiger partial charge on any atom is -0.365 e. The summed E-state index contributed by atoms with van der Waals surface area (Å²) in [5.74, 6) is 0.0294. The average molecular weight is 226 g/mol. The maximum Gasteiger partial charge on any atom is 0.249 e. The molecule has 0 aromatic heterocycles. The van der Waals surface area contributed by atoms with Gasteiger partial charge in [0.15, 0.2) is 0 Å². The van der Waals surface area contributed by atoms with E-state index in [0.29, 0.717) is 13.0 Å². The summed E-state index contributed by atoms with van der Waals surface area (Å²) in [6, 6.07) is 0.0599. The summed E-state index contributed by atoms with van der Waals surface area (Å²) in [6.45, 7) is 2.51. The van der Waals surface area contributed by atoms with Crippen LogP contribution >= 0.6 is 0 Å². The zero-order chi connectivity index (χ0) is 11.5. The average Bonchev–Trinajstić information content (AvgIpc) is 2.68. The minimum atomic E-state index is -0.298. The van der Waals surface area contributed by atoms with E-state index in [9.17, 15) is 9.59 Å². The van der Waals surface area contributed by atoms with Crippen molar-refractivity contribution in [3.05, 3.63) is 0 Å². The van der Waals surface area contributed by atoms with E-state index in [0.717, 1.165) is 19.3 Å². The molecule has 90 valence electrons. The Morgan fingerprint density at radius 2 is 2.25 bits per heavy atom. The van der Waals surface area contributed by atoms with Crippen LogP contribution in [-0.2, 0) is 14.3 Å². The highest BCUT2D eigenvalue weighted by atomic mass is 16.5. The highest BCUT2D eigenvalue weighted by molar-refractivity contribution is 5.82. The molecule has 0 radical (unpaired) electrons. The molecule has 3 unspecified atom stereocenters. The van der Waals surface area contributed by atoms with Gasteiger partial charge in [0, 0.05) is 19.0 Å². The van der Waals surface area contributed by atoms with E-state index in [4.69, 9.17) is 4.74 Å². The maximum absolute atomic E-state index is 11.8. The van der Waals surface area contributed by atoms with Crippen molar-refractivity contribution in [1.82, 2.24) is 10.6 Å². The summed E-state index contributed by atoms with van der Waals surface area (Å²) >= 11 is 0. The number of hydrogen-bond donors (Lipinski definition) is 2. The molecule has 0 aromatic carbocycles. The molecule has 2 saturated heterocycles. The van der Waals surface area contributed by atoms with Crippen LogP contribution in [0, 0.1) is 0 Å². The Balaban J connectivity index is 1.77. The summed E-state index contributed by atoms with van der Waals surface area (Å²) in [7, 11) is 0. The number of ether oxygens (including phenoxy) is 1. The van der Waals surface area contributed by atoms with Crippen molar-refractivity contribution >= 4 is 11.8 Å². The van der Waals surface area contributed by atoms with E-state index in [1.165, 1.54) is 0 Å². The maximum atomic E-state index is 11.8. The fourth-order valence-electron chi connectivity index (χ4n) is 2.15. The lowest BCUT2D eigenvalue weighted by Crippen LogP contribution is -2.50. The van der Waals surface area contributed by atoms with E-state index < -0.39 is 0 Å². The van der Waals surface area contributed by atoms with Crippen LogP contribution in [0.4, 0.5) is 0 Å².